The van der Waals surface area contributed by atoms with E-state index >= 15 is 0 Å². The fourth-order valence-electron chi connectivity index (χ4n) is 3.23. The zero-order valence-corrected chi connectivity index (χ0v) is 19.3. The number of rotatable bonds is 9. The summed E-state index contributed by atoms with van der Waals surface area (Å²) in [5.74, 6) is 0.821. The van der Waals surface area contributed by atoms with E-state index < -0.39 is 0 Å². The normalized spacial score (nSPS) is 19.4. The second-order valence-electron chi connectivity index (χ2n) is 6.74. The van der Waals surface area contributed by atoms with E-state index in [1.165, 1.54) is 5.56 Å². The Bertz CT molecular complexity index is 576. The predicted molar refractivity (Wildman–Crippen MR) is 123 cm³/mol. The molecule has 1 aromatic rings. The summed E-state index contributed by atoms with van der Waals surface area (Å²) in [5.41, 5.74) is 1.17. The summed E-state index contributed by atoms with van der Waals surface area (Å²) in [5, 5.41) is 6.77. The van der Waals surface area contributed by atoms with Crippen LogP contribution in [-0.2, 0) is 20.9 Å². The summed E-state index contributed by atoms with van der Waals surface area (Å²) in [6.07, 6.45) is 3.66. The van der Waals surface area contributed by atoms with E-state index in [4.69, 9.17) is 9.47 Å². The molecule has 1 aliphatic rings. The highest BCUT2D eigenvalue weighted by Gasteiger charge is 2.27. The average Bonchev–Trinajstić information content (AvgIpc) is 2.69. The maximum atomic E-state index is 11.8. The van der Waals surface area contributed by atoms with E-state index in [-0.39, 0.29) is 35.9 Å². The van der Waals surface area contributed by atoms with E-state index in [2.05, 4.69) is 34.7 Å². The number of hydrogen-bond donors (Lipinski definition) is 2. The number of hydrogen-bond acceptors (Lipinski definition) is 4. The summed E-state index contributed by atoms with van der Waals surface area (Å²) < 4.78 is 10.8. The zero-order valence-electron chi connectivity index (χ0n) is 17.0. The average molecular weight is 503 g/mol. The van der Waals surface area contributed by atoms with E-state index in [0.717, 1.165) is 38.2 Å². The lowest BCUT2D eigenvalue weighted by Crippen LogP contribution is -2.45. The van der Waals surface area contributed by atoms with Crippen LogP contribution in [0.2, 0.25) is 0 Å². The lowest BCUT2D eigenvalue weighted by molar-refractivity contribution is -0.149. The Kier molecular flexibility index (Phi) is 12.9. The van der Waals surface area contributed by atoms with Crippen LogP contribution in [0.1, 0.15) is 45.1 Å². The summed E-state index contributed by atoms with van der Waals surface area (Å²) >= 11 is 0. The van der Waals surface area contributed by atoms with Gasteiger partial charge in [0.15, 0.2) is 5.96 Å². The molecule has 0 amide bonds. The van der Waals surface area contributed by atoms with Crippen LogP contribution in [0, 0.1) is 5.92 Å². The van der Waals surface area contributed by atoms with Crippen molar-refractivity contribution in [1.29, 1.82) is 0 Å². The third-order valence-electron chi connectivity index (χ3n) is 4.65. The lowest BCUT2D eigenvalue weighted by atomic mass is 9.86. The molecule has 0 saturated heterocycles. The number of esters is 1. The fraction of sp³-hybridized carbons (Fsp3) is 0.619. The standard InChI is InChI=1S/C21H33N3O3.HI/c1-3-22-21(23-14-15-26-16-17-8-6-5-7-9-17)24-19-12-10-18(11-13-19)20(25)27-4-2;/h5-9,18-19H,3-4,10-16H2,1-2H3,(H2,22,23,24);1H. The first-order valence-corrected chi connectivity index (χ1v) is 10.1. The van der Waals surface area contributed by atoms with E-state index in [1.54, 1.807) is 0 Å². The highest BCUT2D eigenvalue weighted by Crippen LogP contribution is 2.25. The van der Waals surface area contributed by atoms with Crippen LogP contribution in [0.25, 0.3) is 0 Å². The van der Waals surface area contributed by atoms with E-state index in [1.807, 2.05) is 25.1 Å². The number of benzene rings is 1. The molecule has 0 bridgehead atoms. The fourth-order valence-corrected chi connectivity index (χ4v) is 3.23. The van der Waals surface area contributed by atoms with E-state index in [0.29, 0.717) is 32.4 Å². The van der Waals surface area contributed by atoms with Crippen molar-refractivity contribution >= 4 is 35.9 Å². The molecule has 0 spiro atoms. The third-order valence-corrected chi connectivity index (χ3v) is 4.65. The molecule has 0 heterocycles. The van der Waals surface area contributed by atoms with Crippen molar-refractivity contribution in [2.24, 2.45) is 10.9 Å². The molecule has 0 radical (unpaired) electrons. The number of ether oxygens (including phenoxy) is 2. The van der Waals surface area contributed by atoms with Gasteiger partial charge in [-0.3, -0.25) is 9.79 Å². The first-order valence-electron chi connectivity index (χ1n) is 10.1. The summed E-state index contributed by atoms with van der Waals surface area (Å²) in [6.45, 7) is 6.99. The first kappa shape index (κ1) is 24.7. The molecule has 0 atom stereocenters. The van der Waals surface area contributed by atoms with Crippen molar-refractivity contribution in [2.45, 2.75) is 52.2 Å². The number of nitrogens with zero attached hydrogens (tertiary/aromatic N) is 1. The van der Waals surface area contributed by atoms with Gasteiger partial charge >= 0.3 is 5.97 Å². The van der Waals surface area contributed by atoms with E-state index in [9.17, 15) is 4.79 Å². The number of guanidine groups is 1. The van der Waals surface area contributed by atoms with Gasteiger partial charge in [0.25, 0.3) is 0 Å². The summed E-state index contributed by atoms with van der Waals surface area (Å²) in [7, 11) is 0. The minimum Gasteiger partial charge on any atom is -0.466 e. The van der Waals surface area contributed by atoms with Gasteiger partial charge in [0, 0.05) is 12.6 Å². The Balaban J connectivity index is 0.00000392. The molecular formula is C21H34IN3O3. The molecule has 28 heavy (non-hydrogen) atoms. The smallest absolute Gasteiger partial charge is 0.308 e. The Morgan fingerprint density at radius 1 is 1.14 bits per heavy atom. The minimum absolute atomic E-state index is 0. The van der Waals surface area contributed by atoms with Gasteiger partial charge < -0.3 is 20.1 Å². The number of halogens is 1. The molecule has 6 nitrogen and oxygen atoms in total. The third kappa shape index (κ3) is 9.23. The number of carbonyl (C=O) groups excluding carboxylic acids is 1. The Hall–Kier alpha value is -1.35. The van der Waals surface area contributed by atoms with Gasteiger partial charge in [-0.25, -0.2) is 0 Å². The number of nitrogens with one attached hydrogen (secondary N) is 2. The molecule has 1 aromatic carbocycles. The van der Waals surface area contributed by atoms with Crippen molar-refractivity contribution in [1.82, 2.24) is 10.6 Å². The second kappa shape index (κ2) is 14.6. The predicted octanol–water partition coefficient (Wildman–Crippen LogP) is 3.50. The lowest BCUT2D eigenvalue weighted by Gasteiger charge is -2.29. The van der Waals surface area contributed by atoms with Gasteiger partial charge in [-0.1, -0.05) is 30.3 Å². The van der Waals surface area contributed by atoms with Gasteiger partial charge in [0.2, 0.25) is 0 Å². The van der Waals surface area contributed by atoms with Crippen molar-refractivity contribution < 1.29 is 14.3 Å². The molecule has 2 N–H and O–H groups in total. The van der Waals surface area contributed by atoms with Crippen LogP contribution in [0.3, 0.4) is 0 Å². The zero-order chi connectivity index (χ0) is 19.3. The van der Waals surface area contributed by atoms with Gasteiger partial charge in [-0.2, -0.15) is 0 Å². The van der Waals surface area contributed by atoms with Gasteiger partial charge in [-0.05, 0) is 45.1 Å². The minimum atomic E-state index is -0.0490. The van der Waals surface area contributed by atoms with Crippen LogP contribution in [0.5, 0.6) is 0 Å². The summed E-state index contributed by atoms with van der Waals surface area (Å²) in [6, 6.07) is 10.5. The Labute approximate surface area is 185 Å². The molecule has 0 aliphatic heterocycles. The van der Waals surface area contributed by atoms with Crippen molar-refractivity contribution in [3.8, 4) is 0 Å². The monoisotopic (exact) mass is 503 g/mol. The maximum absolute atomic E-state index is 11.8. The molecule has 7 heteroatoms. The molecule has 158 valence electrons. The number of aliphatic imine (C=N–C) groups is 1. The van der Waals surface area contributed by atoms with Crippen LogP contribution in [0.15, 0.2) is 35.3 Å². The second-order valence-corrected chi connectivity index (χ2v) is 6.74. The topological polar surface area (TPSA) is 72.0 Å². The molecule has 1 aliphatic carbocycles. The van der Waals surface area contributed by atoms with Crippen LogP contribution < -0.4 is 10.6 Å². The van der Waals surface area contributed by atoms with Crippen LogP contribution in [-0.4, -0.2) is 44.3 Å². The molecule has 2 rings (SSSR count). The Morgan fingerprint density at radius 3 is 2.50 bits per heavy atom. The molecular weight excluding hydrogens is 469 g/mol. The molecule has 1 saturated carbocycles. The van der Waals surface area contributed by atoms with Crippen molar-refractivity contribution in [3.63, 3.8) is 0 Å². The van der Waals surface area contributed by atoms with Crippen LogP contribution in [0.4, 0.5) is 0 Å². The van der Waals surface area contributed by atoms with Gasteiger partial charge in [0.05, 0.1) is 32.3 Å². The molecule has 0 aromatic heterocycles. The SMILES string of the molecule is CCNC(=NCCOCc1ccccc1)NC1CCC(C(=O)OCC)CC1.I. The highest BCUT2D eigenvalue weighted by atomic mass is 127. The Morgan fingerprint density at radius 2 is 1.86 bits per heavy atom. The highest BCUT2D eigenvalue weighted by molar-refractivity contribution is 14.0. The van der Waals surface area contributed by atoms with Gasteiger partial charge in [0.1, 0.15) is 0 Å². The van der Waals surface area contributed by atoms with Crippen molar-refractivity contribution in [3.05, 3.63) is 35.9 Å². The van der Waals surface area contributed by atoms with Crippen molar-refractivity contribution in [2.75, 3.05) is 26.3 Å². The van der Waals surface area contributed by atoms with Gasteiger partial charge in [-0.15, -0.1) is 24.0 Å². The largest absolute Gasteiger partial charge is 0.466 e. The van der Waals surface area contributed by atoms with Crippen LogP contribution >= 0.6 is 24.0 Å². The molecule has 1 fully saturated rings. The quantitative estimate of drug-likeness (QED) is 0.178. The maximum Gasteiger partial charge on any atom is 0.308 e. The summed E-state index contributed by atoms with van der Waals surface area (Å²) in [4.78, 5) is 16.4. The number of carbonyl (C=O) groups is 1. The first-order chi connectivity index (χ1) is 13.2. The molecule has 0 unspecified atom stereocenters.